The number of fused-ring (bicyclic) bond motifs is 1. The molecule has 0 aliphatic carbocycles. The van der Waals surface area contributed by atoms with Gasteiger partial charge in [-0.1, -0.05) is 16.8 Å². The van der Waals surface area contributed by atoms with Crippen molar-refractivity contribution in [1.29, 1.82) is 0 Å². The second-order valence-electron chi connectivity index (χ2n) is 6.40. The number of carbonyl (C=O) groups excluding carboxylic acids is 2. The lowest BCUT2D eigenvalue weighted by Gasteiger charge is -2.26. The molecule has 0 spiro atoms. The molecule has 12 heteroatoms. The molecule has 1 aliphatic heterocycles. The molecule has 1 atom stereocenters. The minimum atomic E-state index is -4.61. The maximum Gasteiger partial charge on any atom is 0.408 e. The van der Waals surface area contributed by atoms with E-state index in [4.69, 9.17) is 16.1 Å². The molecule has 7 nitrogen and oxygen atoms in total. The number of amides is 3. The van der Waals surface area contributed by atoms with Gasteiger partial charge in [0.25, 0.3) is 5.91 Å². The number of urea groups is 1. The fourth-order valence-corrected chi connectivity index (χ4v) is 2.86. The average molecular weight is 435 g/mol. The normalized spacial score (nSPS) is 14.9. The summed E-state index contributed by atoms with van der Waals surface area (Å²) in [6.45, 7) is 0.934. The highest BCUT2D eigenvalue weighted by Gasteiger charge is 2.38. The molecule has 1 aromatic heterocycles. The summed E-state index contributed by atoms with van der Waals surface area (Å²) < 4.78 is 56.3. The van der Waals surface area contributed by atoms with Crippen LogP contribution in [0, 0.1) is 5.82 Å². The monoisotopic (exact) mass is 434 g/mol. The maximum absolute atomic E-state index is 13.2. The van der Waals surface area contributed by atoms with Crippen molar-refractivity contribution in [1.82, 2.24) is 15.4 Å². The standard InChI is InChI=1S/C17H15ClF4N4O3/c1-8(17(20,21)22)23-15(27)14-10-7-26(5-4-13(10)29-25-14)16(28)24-9-2-3-12(19)11(18)6-9/h2-3,6,8H,4-5,7H2,1H3,(H,23,27)(H,24,28)/t8-/m1/s1. The zero-order chi connectivity index (χ0) is 21.3. The Hall–Kier alpha value is -2.82. The number of hydrogen-bond donors (Lipinski definition) is 2. The van der Waals surface area contributed by atoms with Crippen LogP contribution in [-0.2, 0) is 13.0 Å². The molecule has 0 saturated heterocycles. The third-order valence-electron chi connectivity index (χ3n) is 4.34. The van der Waals surface area contributed by atoms with Gasteiger partial charge in [-0.2, -0.15) is 13.2 Å². The van der Waals surface area contributed by atoms with Gasteiger partial charge >= 0.3 is 12.2 Å². The van der Waals surface area contributed by atoms with E-state index in [1.165, 1.54) is 17.0 Å². The Kier molecular flexibility index (Phi) is 5.69. The number of aromatic nitrogens is 1. The molecule has 0 bridgehead atoms. The van der Waals surface area contributed by atoms with Crippen LogP contribution in [0.25, 0.3) is 0 Å². The van der Waals surface area contributed by atoms with Gasteiger partial charge in [-0.3, -0.25) is 4.79 Å². The van der Waals surface area contributed by atoms with Crippen molar-refractivity contribution in [3.05, 3.63) is 46.1 Å². The van der Waals surface area contributed by atoms with Crippen LogP contribution < -0.4 is 10.6 Å². The number of halogens is 5. The molecule has 3 amide bonds. The predicted octanol–water partition coefficient (Wildman–Crippen LogP) is 3.74. The number of anilines is 1. The Bertz CT molecular complexity index is 947. The fraction of sp³-hybridized carbons (Fsp3) is 0.353. The van der Waals surface area contributed by atoms with E-state index < -0.39 is 30.0 Å². The predicted molar refractivity (Wildman–Crippen MR) is 94.0 cm³/mol. The van der Waals surface area contributed by atoms with Gasteiger partial charge in [-0.05, 0) is 25.1 Å². The highest BCUT2D eigenvalue weighted by molar-refractivity contribution is 6.31. The van der Waals surface area contributed by atoms with Crippen molar-refractivity contribution in [2.75, 3.05) is 11.9 Å². The second-order valence-corrected chi connectivity index (χ2v) is 6.81. The molecular formula is C17H15ClF4N4O3. The lowest BCUT2D eigenvalue weighted by molar-refractivity contribution is -0.149. The summed E-state index contributed by atoms with van der Waals surface area (Å²) in [5, 5.41) is 7.74. The molecule has 29 heavy (non-hydrogen) atoms. The molecular weight excluding hydrogens is 420 g/mol. The average Bonchev–Trinajstić information content (AvgIpc) is 3.07. The summed E-state index contributed by atoms with van der Waals surface area (Å²) in [5.74, 6) is -1.36. The zero-order valence-corrected chi connectivity index (χ0v) is 15.7. The smallest absolute Gasteiger partial charge is 0.360 e. The number of alkyl halides is 3. The first-order valence-electron chi connectivity index (χ1n) is 8.42. The third-order valence-corrected chi connectivity index (χ3v) is 4.63. The van der Waals surface area contributed by atoms with Gasteiger partial charge in [0.1, 0.15) is 17.6 Å². The molecule has 0 unspecified atom stereocenters. The van der Waals surface area contributed by atoms with Crippen molar-refractivity contribution in [3.63, 3.8) is 0 Å². The molecule has 2 aromatic rings. The van der Waals surface area contributed by atoms with Crippen LogP contribution in [0.1, 0.15) is 28.7 Å². The SMILES string of the molecule is C[C@@H](NC(=O)c1noc2c1CN(C(=O)Nc1ccc(F)c(Cl)c1)CC2)C(F)(F)F. The largest absolute Gasteiger partial charge is 0.408 e. The van der Waals surface area contributed by atoms with Crippen LogP contribution in [-0.4, -0.2) is 40.8 Å². The zero-order valence-electron chi connectivity index (χ0n) is 14.9. The third kappa shape index (κ3) is 4.61. The first-order chi connectivity index (χ1) is 13.6. The van der Waals surface area contributed by atoms with Crippen molar-refractivity contribution < 1.29 is 31.7 Å². The van der Waals surface area contributed by atoms with Crippen molar-refractivity contribution in [2.45, 2.75) is 32.1 Å². The highest BCUT2D eigenvalue weighted by atomic mass is 35.5. The fourth-order valence-electron chi connectivity index (χ4n) is 2.68. The van der Waals surface area contributed by atoms with Crippen molar-refractivity contribution in [3.8, 4) is 0 Å². The molecule has 2 heterocycles. The van der Waals surface area contributed by atoms with E-state index in [1.807, 2.05) is 5.32 Å². The minimum Gasteiger partial charge on any atom is -0.360 e. The quantitative estimate of drug-likeness (QED) is 0.720. The lowest BCUT2D eigenvalue weighted by atomic mass is 10.1. The topological polar surface area (TPSA) is 87.5 Å². The van der Waals surface area contributed by atoms with E-state index in [0.717, 1.165) is 13.0 Å². The summed E-state index contributed by atoms with van der Waals surface area (Å²) in [4.78, 5) is 26.0. The maximum atomic E-state index is 13.2. The summed E-state index contributed by atoms with van der Waals surface area (Å²) in [6, 6.07) is 1.02. The molecule has 156 valence electrons. The number of hydrogen-bond acceptors (Lipinski definition) is 4. The number of carbonyl (C=O) groups is 2. The Morgan fingerprint density at radius 1 is 1.34 bits per heavy atom. The van der Waals surface area contributed by atoms with E-state index in [1.54, 1.807) is 0 Å². The van der Waals surface area contributed by atoms with Crippen LogP contribution in [0.3, 0.4) is 0 Å². The number of rotatable bonds is 3. The Balaban J connectivity index is 1.71. The molecule has 0 saturated carbocycles. The van der Waals surface area contributed by atoms with E-state index >= 15 is 0 Å². The number of nitrogens with zero attached hydrogens (tertiary/aromatic N) is 2. The Morgan fingerprint density at radius 3 is 2.72 bits per heavy atom. The first-order valence-corrected chi connectivity index (χ1v) is 8.80. The Morgan fingerprint density at radius 2 is 2.07 bits per heavy atom. The van der Waals surface area contributed by atoms with Gasteiger partial charge in [0.15, 0.2) is 5.69 Å². The van der Waals surface area contributed by atoms with E-state index in [2.05, 4.69) is 10.5 Å². The van der Waals surface area contributed by atoms with Crippen LogP contribution in [0.2, 0.25) is 5.02 Å². The molecule has 0 fully saturated rings. The van der Waals surface area contributed by atoms with Crippen molar-refractivity contribution >= 4 is 29.2 Å². The Labute approximate surface area is 167 Å². The van der Waals surface area contributed by atoms with Gasteiger partial charge in [-0.25, -0.2) is 9.18 Å². The molecule has 3 rings (SSSR count). The van der Waals surface area contributed by atoms with Crippen LogP contribution in [0.4, 0.5) is 28.0 Å². The molecule has 2 N–H and O–H groups in total. The van der Waals surface area contributed by atoms with Gasteiger partial charge in [0.2, 0.25) is 0 Å². The second kappa shape index (κ2) is 7.90. The number of nitrogens with one attached hydrogen (secondary N) is 2. The van der Waals surface area contributed by atoms with Crippen LogP contribution in [0.5, 0.6) is 0 Å². The van der Waals surface area contributed by atoms with Gasteiger partial charge in [0.05, 0.1) is 11.6 Å². The van der Waals surface area contributed by atoms with Gasteiger partial charge in [0, 0.05) is 24.2 Å². The summed E-state index contributed by atoms with van der Waals surface area (Å²) in [5.41, 5.74) is 0.184. The van der Waals surface area contributed by atoms with Crippen LogP contribution >= 0.6 is 11.6 Å². The van der Waals surface area contributed by atoms with E-state index in [-0.39, 0.29) is 41.5 Å². The molecule has 0 radical (unpaired) electrons. The summed E-state index contributed by atoms with van der Waals surface area (Å²) in [7, 11) is 0. The summed E-state index contributed by atoms with van der Waals surface area (Å²) in [6.07, 6.45) is -4.39. The lowest BCUT2D eigenvalue weighted by Crippen LogP contribution is -2.44. The minimum absolute atomic E-state index is 0.0945. The van der Waals surface area contributed by atoms with E-state index in [0.29, 0.717) is 5.76 Å². The van der Waals surface area contributed by atoms with Crippen molar-refractivity contribution in [2.24, 2.45) is 0 Å². The van der Waals surface area contributed by atoms with Crippen LogP contribution in [0.15, 0.2) is 22.7 Å². The molecule has 1 aromatic carbocycles. The molecule has 1 aliphatic rings. The van der Waals surface area contributed by atoms with Gasteiger partial charge in [-0.15, -0.1) is 0 Å². The van der Waals surface area contributed by atoms with Gasteiger partial charge < -0.3 is 20.1 Å². The highest BCUT2D eigenvalue weighted by Crippen LogP contribution is 2.25. The van der Waals surface area contributed by atoms with E-state index in [9.17, 15) is 27.2 Å². The number of benzene rings is 1. The summed E-state index contributed by atoms with van der Waals surface area (Å²) >= 11 is 5.68. The first kappa shape index (κ1) is 20.9.